The van der Waals surface area contributed by atoms with Crippen LogP contribution in [0.15, 0.2) is 4.99 Å². The summed E-state index contributed by atoms with van der Waals surface area (Å²) in [6.07, 6.45) is 2.08. The standard InChI is InChI=1S/C16H31N5O2/c1-16(2,21-8-10-23-11-9-21)12-20-15(17-3)19-7-6-18-14(22)13-4-5-13/h13H,4-12H2,1-3H3,(H,18,22)(H2,17,19,20). The Hall–Kier alpha value is -1.34. The van der Waals surface area contributed by atoms with E-state index in [0.717, 1.165) is 51.6 Å². The predicted molar refractivity (Wildman–Crippen MR) is 91.6 cm³/mol. The highest BCUT2D eigenvalue weighted by Crippen LogP contribution is 2.28. The molecule has 1 aliphatic carbocycles. The van der Waals surface area contributed by atoms with Gasteiger partial charge in [-0.1, -0.05) is 0 Å². The largest absolute Gasteiger partial charge is 0.379 e. The van der Waals surface area contributed by atoms with Gasteiger partial charge < -0.3 is 20.7 Å². The van der Waals surface area contributed by atoms with Crippen molar-refractivity contribution in [2.75, 3.05) is 53.0 Å². The third-order valence-corrected chi connectivity index (χ3v) is 4.44. The first kappa shape index (κ1) is 18.0. The second-order valence-corrected chi connectivity index (χ2v) is 6.83. The zero-order chi connectivity index (χ0) is 16.7. The van der Waals surface area contributed by atoms with E-state index in [0.29, 0.717) is 13.1 Å². The van der Waals surface area contributed by atoms with E-state index in [1.165, 1.54) is 0 Å². The van der Waals surface area contributed by atoms with Gasteiger partial charge in [0.05, 0.1) is 13.2 Å². The van der Waals surface area contributed by atoms with Gasteiger partial charge in [-0.2, -0.15) is 0 Å². The van der Waals surface area contributed by atoms with Gasteiger partial charge in [0.15, 0.2) is 5.96 Å². The number of ether oxygens (including phenoxy) is 1. The van der Waals surface area contributed by atoms with E-state index in [2.05, 4.69) is 39.7 Å². The van der Waals surface area contributed by atoms with Crippen LogP contribution in [0, 0.1) is 5.92 Å². The van der Waals surface area contributed by atoms with E-state index in [4.69, 9.17) is 4.74 Å². The highest BCUT2D eigenvalue weighted by atomic mass is 16.5. The number of guanidine groups is 1. The Balaban J connectivity index is 1.64. The first-order valence-electron chi connectivity index (χ1n) is 8.58. The van der Waals surface area contributed by atoms with Crippen molar-refractivity contribution in [3.05, 3.63) is 0 Å². The molecule has 0 unspecified atom stereocenters. The van der Waals surface area contributed by atoms with Crippen LogP contribution < -0.4 is 16.0 Å². The van der Waals surface area contributed by atoms with Gasteiger partial charge in [0.25, 0.3) is 0 Å². The fourth-order valence-electron chi connectivity index (χ4n) is 2.66. The van der Waals surface area contributed by atoms with E-state index in [9.17, 15) is 4.79 Å². The Morgan fingerprint density at radius 2 is 1.83 bits per heavy atom. The number of amides is 1. The molecule has 1 heterocycles. The number of nitrogens with zero attached hydrogens (tertiary/aromatic N) is 2. The number of nitrogens with one attached hydrogen (secondary N) is 3. The predicted octanol–water partition coefficient (Wildman–Crippen LogP) is -0.212. The van der Waals surface area contributed by atoms with Crippen LogP contribution in [0.25, 0.3) is 0 Å². The van der Waals surface area contributed by atoms with Crippen molar-refractivity contribution in [3.63, 3.8) is 0 Å². The Morgan fingerprint density at radius 3 is 2.43 bits per heavy atom. The minimum absolute atomic E-state index is 0.0432. The molecule has 0 aromatic rings. The minimum atomic E-state index is 0.0432. The number of morpholine rings is 1. The maximum atomic E-state index is 11.6. The molecule has 0 aromatic carbocycles. The van der Waals surface area contributed by atoms with Crippen LogP contribution in [0.4, 0.5) is 0 Å². The third kappa shape index (κ3) is 5.99. The summed E-state index contributed by atoms with van der Waals surface area (Å²) < 4.78 is 5.41. The summed E-state index contributed by atoms with van der Waals surface area (Å²) in [6.45, 7) is 10.1. The third-order valence-electron chi connectivity index (χ3n) is 4.44. The van der Waals surface area contributed by atoms with Gasteiger partial charge in [0.2, 0.25) is 5.91 Å². The van der Waals surface area contributed by atoms with Crippen molar-refractivity contribution in [3.8, 4) is 0 Å². The maximum absolute atomic E-state index is 11.6. The van der Waals surface area contributed by atoms with Crippen LogP contribution in [-0.2, 0) is 9.53 Å². The Morgan fingerprint density at radius 1 is 1.17 bits per heavy atom. The summed E-state index contributed by atoms with van der Waals surface area (Å²) in [4.78, 5) is 18.2. The second-order valence-electron chi connectivity index (χ2n) is 6.83. The molecule has 2 fully saturated rings. The molecule has 0 aromatic heterocycles. The monoisotopic (exact) mass is 325 g/mol. The van der Waals surface area contributed by atoms with Gasteiger partial charge in [-0.15, -0.1) is 0 Å². The van der Waals surface area contributed by atoms with Crippen molar-refractivity contribution in [1.82, 2.24) is 20.9 Å². The van der Waals surface area contributed by atoms with Crippen molar-refractivity contribution < 1.29 is 9.53 Å². The SMILES string of the molecule is CN=C(NCCNC(=O)C1CC1)NCC(C)(C)N1CCOCC1. The maximum Gasteiger partial charge on any atom is 0.223 e. The van der Waals surface area contributed by atoms with Crippen LogP contribution in [-0.4, -0.2) is 75.3 Å². The lowest BCUT2D eigenvalue weighted by atomic mass is 10.0. The van der Waals surface area contributed by atoms with Crippen LogP contribution in [0.5, 0.6) is 0 Å². The number of rotatable bonds is 7. The molecule has 1 saturated heterocycles. The van der Waals surface area contributed by atoms with Crippen LogP contribution >= 0.6 is 0 Å². The average Bonchev–Trinajstić information content (AvgIpc) is 3.40. The molecule has 0 radical (unpaired) electrons. The van der Waals surface area contributed by atoms with E-state index in [-0.39, 0.29) is 17.4 Å². The molecule has 23 heavy (non-hydrogen) atoms. The van der Waals surface area contributed by atoms with Crippen molar-refractivity contribution in [2.24, 2.45) is 10.9 Å². The molecule has 0 atom stereocenters. The molecule has 7 heteroatoms. The van der Waals surface area contributed by atoms with Crippen molar-refractivity contribution >= 4 is 11.9 Å². The molecule has 3 N–H and O–H groups in total. The van der Waals surface area contributed by atoms with E-state index in [1.807, 2.05) is 0 Å². The number of carbonyl (C=O) groups is 1. The van der Waals surface area contributed by atoms with Gasteiger partial charge in [-0.3, -0.25) is 14.7 Å². The van der Waals surface area contributed by atoms with Gasteiger partial charge in [-0.05, 0) is 26.7 Å². The summed E-state index contributed by atoms with van der Waals surface area (Å²) in [5.41, 5.74) is 0.0432. The average molecular weight is 325 g/mol. The number of hydrogen-bond donors (Lipinski definition) is 3. The normalized spacial score (nSPS) is 20.2. The zero-order valence-electron chi connectivity index (χ0n) is 14.7. The van der Waals surface area contributed by atoms with Gasteiger partial charge >= 0.3 is 0 Å². The Kier molecular flexibility index (Phi) is 6.65. The van der Waals surface area contributed by atoms with Crippen LogP contribution in [0.1, 0.15) is 26.7 Å². The van der Waals surface area contributed by atoms with Crippen molar-refractivity contribution in [1.29, 1.82) is 0 Å². The molecule has 0 spiro atoms. The fourth-order valence-corrected chi connectivity index (χ4v) is 2.66. The summed E-state index contributed by atoms with van der Waals surface area (Å²) in [6, 6.07) is 0. The zero-order valence-corrected chi connectivity index (χ0v) is 14.7. The number of carbonyl (C=O) groups excluding carboxylic acids is 1. The van der Waals surface area contributed by atoms with Gasteiger partial charge in [0, 0.05) is 51.2 Å². The number of aliphatic imine (C=N–C) groups is 1. The first-order valence-corrected chi connectivity index (χ1v) is 8.58. The quantitative estimate of drug-likeness (QED) is 0.343. The summed E-state index contributed by atoms with van der Waals surface area (Å²) in [7, 11) is 1.76. The van der Waals surface area contributed by atoms with E-state index >= 15 is 0 Å². The summed E-state index contributed by atoms with van der Waals surface area (Å²) in [5, 5.41) is 9.56. The molecule has 132 valence electrons. The topological polar surface area (TPSA) is 78.0 Å². The molecule has 2 aliphatic rings. The highest BCUT2D eigenvalue weighted by Gasteiger charge is 2.29. The second kappa shape index (κ2) is 8.49. The fraction of sp³-hybridized carbons (Fsp3) is 0.875. The highest BCUT2D eigenvalue weighted by molar-refractivity contribution is 5.81. The lowest BCUT2D eigenvalue weighted by molar-refractivity contribution is -0.122. The molecule has 1 saturated carbocycles. The molecule has 0 bridgehead atoms. The Labute approximate surface area is 139 Å². The minimum Gasteiger partial charge on any atom is -0.379 e. The first-order chi connectivity index (χ1) is 11.0. The lowest BCUT2D eigenvalue weighted by Gasteiger charge is -2.41. The van der Waals surface area contributed by atoms with Crippen molar-refractivity contribution in [2.45, 2.75) is 32.2 Å². The molecular formula is C16H31N5O2. The Bertz CT molecular complexity index is 415. The van der Waals surface area contributed by atoms with Crippen LogP contribution in [0.3, 0.4) is 0 Å². The molecule has 7 nitrogen and oxygen atoms in total. The smallest absolute Gasteiger partial charge is 0.223 e. The van der Waals surface area contributed by atoms with Gasteiger partial charge in [-0.25, -0.2) is 0 Å². The molecule has 1 amide bonds. The summed E-state index contributed by atoms with van der Waals surface area (Å²) >= 11 is 0. The summed E-state index contributed by atoms with van der Waals surface area (Å²) in [5.74, 6) is 1.22. The van der Waals surface area contributed by atoms with Crippen LogP contribution in [0.2, 0.25) is 0 Å². The van der Waals surface area contributed by atoms with E-state index < -0.39 is 0 Å². The molecule has 1 aliphatic heterocycles. The molecule has 2 rings (SSSR count). The van der Waals surface area contributed by atoms with E-state index in [1.54, 1.807) is 7.05 Å². The number of hydrogen-bond acceptors (Lipinski definition) is 4. The lowest BCUT2D eigenvalue weighted by Crippen LogP contribution is -2.56. The molecular weight excluding hydrogens is 294 g/mol. The van der Waals surface area contributed by atoms with Gasteiger partial charge in [0.1, 0.15) is 0 Å².